The molecule has 0 fully saturated rings. The summed E-state index contributed by atoms with van der Waals surface area (Å²) < 4.78 is 33.0. The summed E-state index contributed by atoms with van der Waals surface area (Å²) in [5.74, 6) is -0.452. The molecule has 0 saturated carbocycles. The Morgan fingerprint density at radius 2 is 1.26 bits per heavy atom. The lowest BCUT2D eigenvalue weighted by Gasteiger charge is -2.19. The normalized spacial score (nSPS) is 14.8. The second-order valence-electron chi connectivity index (χ2n) is 13.4. The van der Waals surface area contributed by atoms with E-state index >= 15 is 0 Å². The van der Waals surface area contributed by atoms with E-state index in [-0.39, 0.29) is 32.8 Å². The molecule has 0 aromatic rings. The number of rotatable bonds is 38. The molecule has 306 valence electrons. The number of hydrogen-bond donors (Lipinski definition) is 3. The van der Waals surface area contributed by atoms with Crippen molar-refractivity contribution in [2.75, 3.05) is 26.4 Å². The summed E-state index contributed by atoms with van der Waals surface area (Å²) in [7, 11) is -4.31. The van der Waals surface area contributed by atoms with Crippen LogP contribution in [-0.2, 0) is 27.9 Å². The highest BCUT2D eigenvalue weighted by Gasteiger charge is 2.24. The summed E-state index contributed by atoms with van der Waals surface area (Å²) in [6, 6.07) is 0. The van der Waals surface area contributed by atoms with Gasteiger partial charge in [0, 0.05) is 13.0 Å². The highest BCUT2D eigenvalue weighted by Crippen LogP contribution is 2.43. The van der Waals surface area contributed by atoms with Crippen molar-refractivity contribution in [3.8, 4) is 0 Å². The largest absolute Gasteiger partial charge is 0.492 e. The zero-order valence-electron chi connectivity index (χ0n) is 33.3. The third-order valence-corrected chi connectivity index (χ3v) is 9.32. The van der Waals surface area contributed by atoms with Crippen LogP contribution in [0.2, 0.25) is 0 Å². The second-order valence-corrected chi connectivity index (χ2v) is 14.8. The van der Waals surface area contributed by atoms with Crippen LogP contribution in [0.3, 0.4) is 0 Å². The smallest absolute Gasteiger partial charge is 0.472 e. The summed E-state index contributed by atoms with van der Waals surface area (Å²) in [5.41, 5.74) is 5.35. The summed E-state index contributed by atoms with van der Waals surface area (Å²) in [6.45, 7) is 3.86. The minimum absolute atomic E-state index is 0.0718. The number of phosphoric acid groups is 1. The predicted molar refractivity (Wildman–Crippen MR) is 220 cm³/mol. The zero-order chi connectivity index (χ0) is 38.9. The number of unbranched alkanes of at least 4 members (excludes halogenated alkanes) is 14. The van der Waals surface area contributed by atoms with Gasteiger partial charge in [0.25, 0.3) is 0 Å². The molecule has 0 bridgehead atoms. The zero-order valence-corrected chi connectivity index (χ0v) is 34.2. The first-order valence-electron chi connectivity index (χ1n) is 20.6. The predicted octanol–water partition coefficient (Wildman–Crippen LogP) is 11.3. The molecule has 9 nitrogen and oxygen atoms in total. The van der Waals surface area contributed by atoms with Gasteiger partial charge in [-0.1, -0.05) is 158 Å². The molecular formula is C43H76NO8P. The maximum atomic E-state index is 12.4. The number of carbonyl (C=O) groups excluding carboxylic acids is 1. The maximum Gasteiger partial charge on any atom is 0.472 e. The average molecular weight is 766 g/mol. The van der Waals surface area contributed by atoms with Crippen molar-refractivity contribution < 1.29 is 37.9 Å². The molecule has 0 aliphatic carbocycles. The number of allylic oxidation sites excluding steroid dienone is 10. The minimum Gasteiger partial charge on any atom is -0.492 e. The van der Waals surface area contributed by atoms with Crippen LogP contribution in [-0.4, -0.2) is 54.5 Å². The van der Waals surface area contributed by atoms with Crippen LogP contribution >= 0.6 is 7.82 Å². The van der Waals surface area contributed by atoms with E-state index in [2.05, 4.69) is 50.3 Å². The van der Waals surface area contributed by atoms with Crippen LogP contribution in [0.15, 0.2) is 73.1 Å². The Morgan fingerprint density at radius 3 is 1.85 bits per heavy atom. The fourth-order valence-corrected chi connectivity index (χ4v) is 6.01. The molecule has 2 unspecified atom stereocenters. The highest BCUT2D eigenvalue weighted by molar-refractivity contribution is 7.47. The number of carbonyl (C=O) groups is 1. The van der Waals surface area contributed by atoms with Crippen LogP contribution in [0.1, 0.15) is 155 Å². The van der Waals surface area contributed by atoms with E-state index in [0.29, 0.717) is 12.8 Å². The van der Waals surface area contributed by atoms with Crippen molar-refractivity contribution in [3.63, 3.8) is 0 Å². The van der Waals surface area contributed by atoms with Gasteiger partial charge >= 0.3 is 13.8 Å². The van der Waals surface area contributed by atoms with Crippen LogP contribution in [0.4, 0.5) is 0 Å². The molecule has 0 aliphatic heterocycles. The Kier molecular flexibility index (Phi) is 37.8. The van der Waals surface area contributed by atoms with Gasteiger partial charge in [-0.25, -0.2) is 4.57 Å². The van der Waals surface area contributed by atoms with Gasteiger partial charge in [-0.3, -0.25) is 13.8 Å². The van der Waals surface area contributed by atoms with Gasteiger partial charge < -0.3 is 25.2 Å². The van der Waals surface area contributed by atoms with Crippen LogP contribution < -0.4 is 5.73 Å². The lowest BCUT2D eigenvalue weighted by atomic mass is 10.0. The Balaban J connectivity index is 4.32. The Bertz CT molecular complexity index is 1050. The standard InChI is InChI=1S/C43H76NO8P/c1-3-5-7-9-11-13-15-17-18-19-21-23-25-27-29-31-37-49-42(40-52-53(47,48)51-38-36-44)39-50-43(46)35-32-34-41(45)33-30-28-26-24-22-20-16-14-12-10-8-6-4-2/h6,8,12,14,20,22,26,28,30-31,33,37,41-42,45H,3-5,7,9-11,13,15-19,21,23-25,27,29,32,34-36,38-40,44H2,1-2H3,(H,47,48)/b8-6-,14-12-,22-20-,28-26-,33-30+,37-31+/t41?,42-/m1/s1. The Morgan fingerprint density at radius 1 is 0.698 bits per heavy atom. The van der Waals surface area contributed by atoms with Gasteiger partial charge in [0.15, 0.2) is 6.10 Å². The molecule has 53 heavy (non-hydrogen) atoms. The average Bonchev–Trinajstić information content (AvgIpc) is 3.14. The lowest BCUT2D eigenvalue weighted by molar-refractivity contribution is -0.147. The molecule has 0 aromatic carbocycles. The number of aliphatic hydroxyl groups is 1. The molecule has 0 radical (unpaired) electrons. The molecule has 0 saturated heterocycles. The second kappa shape index (κ2) is 39.4. The molecule has 0 aliphatic rings. The Hall–Kier alpha value is -2.26. The van der Waals surface area contributed by atoms with E-state index in [1.165, 1.54) is 83.3 Å². The quantitative estimate of drug-likeness (QED) is 0.0140. The van der Waals surface area contributed by atoms with Crippen molar-refractivity contribution >= 4 is 13.8 Å². The SMILES string of the molecule is CC/C=C\C/C=C\C/C=C\C/C=C\C=C\C(O)CCCC(=O)OC[C@H](COP(=O)(O)OCCN)O/C=C/CCCCCCCCCCCCCCCC. The van der Waals surface area contributed by atoms with E-state index in [4.69, 9.17) is 24.3 Å². The first-order chi connectivity index (χ1) is 25.8. The van der Waals surface area contributed by atoms with Gasteiger partial charge in [0.05, 0.1) is 25.6 Å². The fourth-order valence-electron chi connectivity index (χ4n) is 5.24. The molecular weight excluding hydrogens is 689 g/mol. The molecule has 0 aromatic heterocycles. The Labute approximate surface area is 323 Å². The molecule has 4 N–H and O–H groups in total. The van der Waals surface area contributed by atoms with E-state index < -0.39 is 26.0 Å². The van der Waals surface area contributed by atoms with Crippen molar-refractivity contribution in [2.24, 2.45) is 5.73 Å². The van der Waals surface area contributed by atoms with E-state index in [9.17, 15) is 19.4 Å². The summed E-state index contributed by atoms with van der Waals surface area (Å²) >= 11 is 0. The van der Waals surface area contributed by atoms with Crippen LogP contribution in [0.25, 0.3) is 0 Å². The monoisotopic (exact) mass is 766 g/mol. The molecule has 0 amide bonds. The van der Waals surface area contributed by atoms with Gasteiger partial charge in [-0.05, 0) is 57.4 Å². The number of aliphatic hydroxyl groups excluding tert-OH is 1. The molecule has 0 heterocycles. The highest BCUT2D eigenvalue weighted by atomic mass is 31.2. The van der Waals surface area contributed by atoms with Crippen molar-refractivity contribution in [1.82, 2.24) is 0 Å². The molecule has 0 rings (SSSR count). The van der Waals surface area contributed by atoms with Crippen LogP contribution in [0.5, 0.6) is 0 Å². The molecule has 3 atom stereocenters. The van der Waals surface area contributed by atoms with Gasteiger partial charge in [-0.2, -0.15) is 0 Å². The topological polar surface area (TPSA) is 138 Å². The van der Waals surface area contributed by atoms with Gasteiger partial charge in [0.2, 0.25) is 0 Å². The molecule has 0 spiro atoms. The van der Waals surface area contributed by atoms with E-state index in [1.54, 1.807) is 6.08 Å². The number of esters is 1. The van der Waals surface area contributed by atoms with Crippen molar-refractivity contribution in [2.45, 2.75) is 167 Å². The van der Waals surface area contributed by atoms with Crippen molar-refractivity contribution in [3.05, 3.63) is 73.1 Å². The summed E-state index contributed by atoms with van der Waals surface area (Å²) in [4.78, 5) is 22.3. The third-order valence-electron chi connectivity index (χ3n) is 8.33. The molecule has 10 heteroatoms. The first kappa shape index (κ1) is 50.7. The third kappa shape index (κ3) is 39.3. The summed E-state index contributed by atoms with van der Waals surface area (Å²) in [5, 5.41) is 10.2. The van der Waals surface area contributed by atoms with E-state index in [1.807, 2.05) is 24.3 Å². The van der Waals surface area contributed by atoms with Gasteiger partial charge in [0.1, 0.15) is 6.61 Å². The number of phosphoric ester groups is 1. The van der Waals surface area contributed by atoms with Crippen LogP contribution in [0, 0.1) is 0 Å². The maximum absolute atomic E-state index is 12.4. The lowest BCUT2D eigenvalue weighted by Crippen LogP contribution is -2.25. The fraction of sp³-hybridized carbons (Fsp3) is 0.698. The van der Waals surface area contributed by atoms with Gasteiger partial charge in [-0.15, -0.1) is 0 Å². The number of nitrogens with two attached hydrogens (primary N) is 1. The number of hydrogen-bond acceptors (Lipinski definition) is 8. The minimum atomic E-state index is -4.31. The van der Waals surface area contributed by atoms with Crippen molar-refractivity contribution in [1.29, 1.82) is 0 Å². The summed E-state index contributed by atoms with van der Waals surface area (Å²) in [6.07, 6.45) is 46.2. The first-order valence-corrected chi connectivity index (χ1v) is 22.1. The van der Waals surface area contributed by atoms with E-state index in [0.717, 1.165) is 44.9 Å². The number of ether oxygens (including phenoxy) is 2.